The number of carbonyl (C=O) groups excluding carboxylic acids is 1. The average molecular weight is 407 g/mol. The molecule has 1 N–H and O–H groups in total. The van der Waals surface area contributed by atoms with Gasteiger partial charge in [-0.25, -0.2) is 9.97 Å². The molecule has 3 aromatic rings. The summed E-state index contributed by atoms with van der Waals surface area (Å²) in [7, 11) is 0. The number of nitrogens with one attached hydrogen (secondary N) is 1. The van der Waals surface area contributed by atoms with Crippen molar-refractivity contribution in [3.8, 4) is 11.4 Å². The van der Waals surface area contributed by atoms with E-state index in [0.29, 0.717) is 35.9 Å². The molecule has 8 heteroatoms. The first-order valence-electron chi connectivity index (χ1n) is 11.3. The van der Waals surface area contributed by atoms with E-state index in [0.717, 1.165) is 11.3 Å². The lowest BCUT2D eigenvalue weighted by atomic mass is 9.92. The van der Waals surface area contributed by atoms with E-state index in [1.165, 1.54) is 11.8 Å². The van der Waals surface area contributed by atoms with Crippen molar-refractivity contribution in [1.82, 2.24) is 29.8 Å². The molecule has 1 aliphatic rings. The van der Waals surface area contributed by atoms with Gasteiger partial charge in [-0.1, -0.05) is 0 Å². The summed E-state index contributed by atoms with van der Waals surface area (Å²) in [6.45, 7) is 1.36. The summed E-state index contributed by atoms with van der Waals surface area (Å²) in [5.41, 5.74) is 2.96. The van der Waals surface area contributed by atoms with E-state index in [2.05, 4.69) is 20.3 Å². The van der Waals surface area contributed by atoms with Crippen LogP contribution in [0.25, 0.3) is 11.4 Å². The van der Waals surface area contributed by atoms with Gasteiger partial charge in [0.1, 0.15) is 17.3 Å². The van der Waals surface area contributed by atoms with Gasteiger partial charge in [0.05, 0.1) is 23.8 Å². The zero-order valence-corrected chi connectivity index (χ0v) is 16.9. The minimum atomic E-state index is -2.23. The van der Waals surface area contributed by atoms with Gasteiger partial charge in [0.15, 0.2) is 0 Å². The van der Waals surface area contributed by atoms with Gasteiger partial charge < -0.3 is 10.2 Å². The molecule has 30 heavy (non-hydrogen) atoms. The molecule has 1 saturated heterocycles. The summed E-state index contributed by atoms with van der Waals surface area (Å²) in [5.74, 6) is 0.604. The molecule has 0 bridgehead atoms. The number of pyridine rings is 1. The molecule has 3 aromatic heterocycles. The maximum absolute atomic E-state index is 12.3. The number of hydrogen-bond acceptors (Lipinski definition) is 7. The van der Waals surface area contributed by atoms with Gasteiger partial charge in [0.25, 0.3) is 0 Å². The molecule has 4 heterocycles. The van der Waals surface area contributed by atoms with Crippen LogP contribution in [0.2, 0.25) is 0 Å². The van der Waals surface area contributed by atoms with Crippen LogP contribution in [0.3, 0.4) is 0 Å². The van der Waals surface area contributed by atoms with Gasteiger partial charge in [0.2, 0.25) is 5.91 Å². The normalized spacial score (nSPS) is 20.7. The first-order valence-corrected chi connectivity index (χ1v) is 9.82. The van der Waals surface area contributed by atoms with Crippen molar-refractivity contribution >= 4 is 17.4 Å². The van der Waals surface area contributed by atoms with Crippen molar-refractivity contribution in [2.75, 3.05) is 11.9 Å². The third-order valence-corrected chi connectivity index (χ3v) is 5.07. The summed E-state index contributed by atoms with van der Waals surface area (Å²) < 4.78 is 23.5. The second-order valence-corrected chi connectivity index (χ2v) is 7.42. The highest BCUT2D eigenvalue weighted by molar-refractivity contribution is 5.73. The molecule has 1 fully saturated rings. The fourth-order valence-electron chi connectivity index (χ4n) is 3.58. The van der Waals surface area contributed by atoms with Gasteiger partial charge in [-0.05, 0) is 38.2 Å². The highest BCUT2D eigenvalue weighted by atomic mass is 16.2. The fraction of sp³-hybridized carbons (Fsp3) is 0.364. The summed E-state index contributed by atoms with van der Waals surface area (Å²) in [6.07, 6.45) is 9.18. The van der Waals surface area contributed by atoms with Crippen LogP contribution >= 0.6 is 0 Å². The van der Waals surface area contributed by atoms with E-state index < -0.39 is 12.9 Å². The van der Waals surface area contributed by atoms with Crippen molar-refractivity contribution in [3.63, 3.8) is 0 Å². The second kappa shape index (κ2) is 8.52. The van der Waals surface area contributed by atoms with Crippen LogP contribution in [0.5, 0.6) is 0 Å². The first-order chi connectivity index (χ1) is 15.7. The lowest BCUT2D eigenvalue weighted by molar-refractivity contribution is -0.132. The predicted octanol–water partition coefficient (Wildman–Crippen LogP) is 3.50. The fourth-order valence-corrected chi connectivity index (χ4v) is 3.58. The number of hydrogen-bond donors (Lipinski definition) is 1. The van der Waals surface area contributed by atoms with E-state index in [1.54, 1.807) is 37.1 Å². The van der Waals surface area contributed by atoms with E-state index in [1.807, 2.05) is 13.0 Å². The van der Waals surface area contributed by atoms with E-state index in [-0.39, 0.29) is 18.4 Å². The molecule has 2 atom stereocenters. The quantitative estimate of drug-likeness (QED) is 0.708. The van der Waals surface area contributed by atoms with Gasteiger partial charge >= 0.3 is 0 Å². The number of anilines is 2. The molecule has 4 rings (SSSR count). The Morgan fingerprint density at radius 1 is 1.13 bits per heavy atom. The standard InChI is InChI=1S/C22H25N7O/c1-14-8-18(11-24-10-14)26-21-9-19(20-12-23-6-7-25-20)27-22(28-21)17-5-4-15(2)29(13-17)16(3)30/h6-12,15,17H,4-5,13H2,1-3H3,(H,26,27,28)/t15-,17+/m1/s1/i2D3. The van der Waals surface area contributed by atoms with Crippen LogP contribution in [0, 0.1) is 6.92 Å². The Bertz CT molecular complexity index is 1140. The predicted molar refractivity (Wildman–Crippen MR) is 114 cm³/mol. The molecule has 0 unspecified atom stereocenters. The third-order valence-electron chi connectivity index (χ3n) is 5.07. The monoisotopic (exact) mass is 406 g/mol. The molecule has 1 aliphatic heterocycles. The number of rotatable bonds is 4. The molecule has 0 aliphatic carbocycles. The minimum Gasteiger partial charge on any atom is -0.340 e. The van der Waals surface area contributed by atoms with Crippen LogP contribution in [0.4, 0.5) is 11.5 Å². The van der Waals surface area contributed by atoms with Crippen molar-refractivity contribution in [3.05, 3.63) is 54.5 Å². The SMILES string of the molecule is [2H]C([2H])([2H])[C@@H]1CC[C@H](c2nc(Nc3cncc(C)c3)cc(-c3cnccn3)n2)CN1C(C)=O. The summed E-state index contributed by atoms with van der Waals surface area (Å²) >= 11 is 0. The Labute approximate surface area is 180 Å². The number of likely N-dealkylation sites (tertiary alicyclic amines) is 1. The minimum absolute atomic E-state index is 0.208. The zero-order valence-electron chi connectivity index (χ0n) is 19.9. The molecule has 0 spiro atoms. The molecule has 8 nitrogen and oxygen atoms in total. The smallest absolute Gasteiger partial charge is 0.219 e. The Kier molecular flexibility index (Phi) is 4.66. The zero-order chi connectivity index (χ0) is 23.6. The number of aromatic nitrogens is 5. The van der Waals surface area contributed by atoms with E-state index in [9.17, 15) is 4.79 Å². The van der Waals surface area contributed by atoms with Crippen LogP contribution in [0.15, 0.2) is 43.1 Å². The first kappa shape index (κ1) is 16.4. The number of carbonyl (C=O) groups is 1. The second-order valence-electron chi connectivity index (χ2n) is 7.42. The Balaban J connectivity index is 1.70. The van der Waals surface area contributed by atoms with Crippen LogP contribution in [0.1, 0.15) is 48.0 Å². The summed E-state index contributed by atoms with van der Waals surface area (Å²) in [4.78, 5) is 35.8. The molecule has 0 aromatic carbocycles. The van der Waals surface area contributed by atoms with E-state index >= 15 is 0 Å². The highest BCUT2D eigenvalue weighted by Gasteiger charge is 2.30. The lowest BCUT2D eigenvalue weighted by Gasteiger charge is -2.37. The summed E-state index contributed by atoms with van der Waals surface area (Å²) in [6, 6.07) is 2.94. The number of piperidine rings is 1. The maximum Gasteiger partial charge on any atom is 0.219 e. The van der Waals surface area contributed by atoms with E-state index in [4.69, 9.17) is 14.1 Å². The van der Waals surface area contributed by atoms with Crippen LogP contribution in [-0.4, -0.2) is 48.3 Å². The van der Waals surface area contributed by atoms with Gasteiger partial charge in [0, 0.05) is 54.2 Å². The Morgan fingerprint density at radius 3 is 2.77 bits per heavy atom. The number of aryl methyl sites for hydroxylation is 1. The molecule has 154 valence electrons. The lowest BCUT2D eigenvalue weighted by Crippen LogP contribution is -2.44. The number of nitrogens with zero attached hydrogens (tertiary/aromatic N) is 6. The van der Waals surface area contributed by atoms with Crippen molar-refractivity contribution < 1.29 is 8.91 Å². The van der Waals surface area contributed by atoms with Crippen molar-refractivity contribution in [1.29, 1.82) is 0 Å². The summed E-state index contributed by atoms with van der Waals surface area (Å²) in [5, 5.41) is 3.27. The van der Waals surface area contributed by atoms with Gasteiger partial charge in [-0.15, -0.1) is 0 Å². The van der Waals surface area contributed by atoms with Crippen LogP contribution < -0.4 is 5.32 Å². The topological polar surface area (TPSA) is 96.8 Å². The number of amides is 1. The van der Waals surface area contributed by atoms with Gasteiger partial charge in [-0.2, -0.15) is 0 Å². The Morgan fingerprint density at radius 2 is 2.03 bits per heavy atom. The molecule has 0 saturated carbocycles. The van der Waals surface area contributed by atoms with Gasteiger partial charge in [-0.3, -0.25) is 19.7 Å². The molecular weight excluding hydrogens is 378 g/mol. The molecule has 0 radical (unpaired) electrons. The Hall–Kier alpha value is -3.42. The van der Waals surface area contributed by atoms with Crippen molar-refractivity contribution in [2.45, 2.75) is 45.5 Å². The largest absolute Gasteiger partial charge is 0.340 e. The average Bonchev–Trinajstić information content (AvgIpc) is 2.78. The maximum atomic E-state index is 12.3. The van der Waals surface area contributed by atoms with Crippen LogP contribution in [-0.2, 0) is 4.79 Å². The third kappa shape index (κ3) is 4.42. The highest BCUT2D eigenvalue weighted by Crippen LogP contribution is 2.31. The van der Waals surface area contributed by atoms with Crippen molar-refractivity contribution in [2.24, 2.45) is 0 Å². The molecular formula is C22H25N7O. The molecule has 1 amide bonds.